The van der Waals surface area contributed by atoms with Gasteiger partial charge in [-0.3, -0.25) is 0 Å². The maximum atomic E-state index is 3.74. The van der Waals surface area contributed by atoms with Crippen molar-refractivity contribution in [3.63, 3.8) is 0 Å². The van der Waals surface area contributed by atoms with Crippen molar-refractivity contribution < 1.29 is 0 Å². The predicted octanol–water partition coefficient (Wildman–Crippen LogP) is 10.8. The van der Waals surface area contributed by atoms with Crippen molar-refractivity contribution in [2.24, 2.45) is 0 Å². The standard InChI is InChI=1S/C37H29Br/c1-37(2)33-21-26(38)19-20-27(33)30-22-31-32(23-34(30)37)36(25-15-9-6-10-16-25)29-18-12-4-3-11-17-28(29)35(31)24-13-7-5-8-14-24/h3,5-16,18-23H,4,17H2,1-2H3/b11-3?,18-12-. The summed E-state index contributed by atoms with van der Waals surface area (Å²) in [5.74, 6) is 0. The number of rotatable bonds is 2. The van der Waals surface area contributed by atoms with Crippen molar-refractivity contribution in [1.82, 2.24) is 0 Å². The number of hydrogen-bond acceptors (Lipinski definition) is 0. The Hall–Kier alpha value is -3.68. The number of allylic oxidation sites excluding steroid dienone is 3. The van der Waals surface area contributed by atoms with Crippen molar-refractivity contribution in [2.45, 2.75) is 32.1 Å². The first-order valence-electron chi connectivity index (χ1n) is 13.4. The van der Waals surface area contributed by atoms with Gasteiger partial charge < -0.3 is 0 Å². The zero-order valence-corrected chi connectivity index (χ0v) is 23.3. The highest BCUT2D eigenvalue weighted by Gasteiger charge is 2.36. The molecule has 0 amide bonds. The third kappa shape index (κ3) is 3.56. The normalized spacial score (nSPS) is 15.9. The Morgan fingerprint density at radius 3 is 2.03 bits per heavy atom. The van der Waals surface area contributed by atoms with Crippen molar-refractivity contribution >= 4 is 32.8 Å². The van der Waals surface area contributed by atoms with Gasteiger partial charge >= 0.3 is 0 Å². The third-order valence-electron chi connectivity index (χ3n) is 8.38. The second-order valence-corrected chi connectivity index (χ2v) is 11.9. The summed E-state index contributed by atoms with van der Waals surface area (Å²) in [6.07, 6.45) is 11.2. The second kappa shape index (κ2) is 8.96. The maximum Gasteiger partial charge on any atom is 0.0178 e. The van der Waals surface area contributed by atoms with Gasteiger partial charge in [-0.15, -0.1) is 0 Å². The third-order valence-corrected chi connectivity index (χ3v) is 8.87. The molecule has 0 spiro atoms. The minimum absolute atomic E-state index is 0.0770. The van der Waals surface area contributed by atoms with Gasteiger partial charge in [0.05, 0.1) is 0 Å². The molecule has 0 bridgehead atoms. The molecule has 0 aliphatic heterocycles. The Morgan fingerprint density at radius 2 is 1.29 bits per heavy atom. The second-order valence-electron chi connectivity index (χ2n) is 10.9. The van der Waals surface area contributed by atoms with Crippen LogP contribution >= 0.6 is 15.9 Å². The van der Waals surface area contributed by atoms with E-state index in [1.807, 2.05) is 0 Å². The van der Waals surface area contributed by atoms with E-state index in [-0.39, 0.29) is 5.41 Å². The van der Waals surface area contributed by atoms with Crippen LogP contribution in [0.25, 0.3) is 50.2 Å². The smallest absolute Gasteiger partial charge is 0.0178 e. The van der Waals surface area contributed by atoms with Gasteiger partial charge in [0, 0.05) is 9.89 Å². The van der Waals surface area contributed by atoms with Gasteiger partial charge in [0.1, 0.15) is 0 Å². The topological polar surface area (TPSA) is 0 Å². The van der Waals surface area contributed by atoms with Gasteiger partial charge in [-0.05, 0) is 104 Å². The average Bonchev–Trinajstić information content (AvgIpc) is 3.13. The maximum absolute atomic E-state index is 3.74. The molecule has 184 valence electrons. The van der Waals surface area contributed by atoms with E-state index < -0.39 is 0 Å². The van der Waals surface area contributed by atoms with Crippen LogP contribution in [0.4, 0.5) is 0 Å². The zero-order valence-electron chi connectivity index (χ0n) is 21.8. The van der Waals surface area contributed by atoms with E-state index in [2.05, 4.69) is 145 Å². The van der Waals surface area contributed by atoms with Crippen LogP contribution in [0.3, 0.4) is 0 Å². The molecule has 0 atom stereocenters. The summed E-state index contributed by atoms with van der Waals surface area (Å²) in [7, 11) is 0. The molecule has 0 radical (unpaired) electrons. The molecule has 0 saturated heterocycles. The van der Waals surface area contributed by atoms with E-state index in [9.17, 15) is 0 Å². The van der Waals surface area contributed by atoms with E-state index in [1.165, 1.54) is 66.4 Å². The molecule has 0 heterocycles. The molecule has 1 heteroatoms. The molecule has 0 saturated carbocycles. The van der Waals surface area contributed by atoms with Crippen molar-refractivity contribution in [1.29, 1.82) is 0 Å². The fraction of sp³-hybridized carbons (Fsp3) is 0.135. The molecule has 2 aliphatic rings. The van der Waals surface area contributed by atoms with Crippen LogP contribution in [0.5, 0.6) is 0 Å². The van der Waals surface area contributed by atoms with Gasteiger partial charge in [-0.1, -0.05) is 121 Å². The largest absolute Gasteiger partial charge is 0.0844 e. The van der Waals surface area contributed by atoms with Gasteiger partial charge in [0.2, 0.25) is 0 Å². The molecule has 0 nitrogen and oxygen atoms in total. The van der Waals surface area contributed by atoms with E-state index in [0.29, 0.717) is 0 Å². The Labute approximate surface area is 233 Å². The highest BCUT2D eigenvalue weighted by Crippen LogP contribution is 2.53. The minimum Gasteiger partial charge on any atom is -0.0844 e. The fourth-order valence-corrected chi connectivity index (χ4v) is 6.93. The summed E-state index contributed by atoms with van der Waals surface area (Å²) in [6.45, 7) is 4.74. The molecule has 0 unspecified atom stereocenters. The van der Waals surface area contributed by atoms with Crippen LogP contribution in [0.2, 0.25) is 0 Å². The zero-order chi connectivity index (χ0) is 25.9. The lowest BCUT2D eigenvalue weighted by molar-refractivity contribution is 0.661. The molecule has 0 aromatic heterocycles. The molecule has 5 aromatic rings. The summed E-state index contributed by atoms with van der Waals surface area (Å²) >= 11 is 3.74. The van der Waals surface area contributed by atoms with Gasteiger partial charge in [0.15, 0.2) is 0 Å². The highest BCUT2D eigenvalue weighted by molar-refractivity contribution is 9.10. The average molecular weight is 554 g/mol. The lowest BCUT2D eigenvalue weighted by Gasteiger charge is -2.25. The number of benzene rings is 5. The van der Waals surface area contributed by atoms with Crippen molar-refractivity contribution in [2.75, 3.05) is 0 Å². The quantitative estimate of drug-likeness (QED) is 0.191. The van der Waals surface area contributed by atoms with Crippen molar-refractivity contribution in [3.05, 3.63) is 136 Å². The lowest BCUT2D eigenvalue weighted by atomic mass is 9.78. The highest BCUT2D eigenvalue weighted by atomic mass is 79.9. The van der Waals surface area contributed by atoms with Crippen LogP contribution in [0.15, 0.2) is 114 Å². The summed E-state index contributed by atoms with van der Waals surface area (Å²) in [4.78, 5) is 0. The Morgan fingerprint density at radius 1 is 0.632 bits per heavy atom. The number of fused-ring (bicyclic) bond motifs is 5. The molecular formula is C37H29Br. The van der Waals surface area contributed by atoms with E-state index in [0.717, 1.165) is 17.3 Å². The summed E-state index contributed by atoms with van der Waals surface area (Å²) in [5.41, 5.74) is 13.4. The molecule has 0 N–H and O–H groups in total. The molecular weight excluding hydrogens is 524 g/mol. The molecule has 0 fully saturated rings. The molecule has 38 heavy (non-hydrogen) atoms. The molecule has 2 aliphatic carbocycles. The summed E-state index contributed by atoms with van der Waals surface area (Å²) < 4.78 is 1.14. The number of hydrogen-bond donors (Lipinski definition) is 0. The molecule has 7 rings (SSSR count). The van der Waals surface area contributed by atoms with E-state index >= 15 is 0 Å². The first kappa shape index (κ1) is 23.4. The molecule has 5 aromatic carbocycles. The van der Waals surface area contributed by atoms with Gasteiger partial charge in [-0.25, -0.2) is 0 Å². The fourth-order valence-electron chi connectivity index (χ4n) is 6.57. The monoisotopic (exact) mass is 552 g/mol. The lowest BCUT2D eigenvalue weighted by Crippen LogP contribution is -2.15. The van der Waals surface area contributed by atoms with Gasteiger partial charge in [0.25, 0.3) is 0 Å². The van der Waals surface area contributed by atoms with Crippen molar-refractivity contribution in [3.8, 4) is 33.4 Å². The predicted molar refractivity (Wildman–Crippen MR) is 167 cm³/mol. The van der Waals surface area contributed by atoms with Crippen LogP contribution < -0.4 is 0 Å². The minimum atomic E-state index is -0.0770. The SMILES string of the molecule is CC1(C)c2cc(Br)ccc2-c2cc3c(-c4ccccc4)c4c(c(-c5ccccc5)c3cc21)/C=C\CC=CC4. The number of halogens is 1. The van der Waals surface area contributed by atoms with Crippen LogP contribution in [-0.2, 0) is 11.8 Å². The first-order valence-corrected chi connectivity index (χ1v) is 14.2. The van der Waals surface area contributed by atoms with E-state index in [1.54, 1.807) is 0 Å². The van der Waals surface area contributed by atoms with E-state index in [4.69, 9.17) is 0 Å². The van der Waals surface area contributed by atoms with Gasteiger partial charge in [-0.2, -0.15) is 0 Å². The Balaban J connectivity index is 1.69. The summed E-state index contributed by atoms with van der Waals surface area (Å²) in [5, 5.41) is 2.67. The van der Waals surface area contributed by atoms with Crippen LogP contribution in [-0.4, -0.2) is 0 Å². The first-order chi connectivity index (χ1) is 18.5. The van der Waals surface area contributed by atoms with Crippen LogP contribution in [0, 0.1) is 0 Å². The Bertz CT molecular complexity index is 1770. The Kier molecular flexibility index (Phi) is 5.53. The summed E-state index contributed by atoms with van der Waals surface area (Å²) in [6, 6.07) is 33.7. The van der Waals surface area contributed by atoms with Crippen LogP contribution in [0.1, 0.15) is 42.5 Å².